The Bertz CT molecular complexity index is 372. The van der Waals surface area contributed by atoms with Crippen LogP contribution in [0.1, 0.15) is 1.43 Å². The van der Waals surface area contributed by atoms with Gasteiger partial charge in [-0.05, 0) is 0 Å². The fraction of sp³-hybridized carbons (Fsp3) is 0.938. The molecule has 0 amide bonds. The number of hydrogen-bond donors (Lipinski definition) is 12. The Hall–Kier alpha value is -1.01. The lowest BCUT2D eigenvalue weighted by molar-refractivity contribution is -0.870. The summed E-state index contributed by atoms with van der Waals surface area (Å²) in [6, 6.07) is -1.13. The smallest absolute Gasteiger partial charge is 0.480 e. The SMILES string of the molecule is C[N+](C)(C)CCO.NCCO.N[C@@H](CO)C(=O)O.O[C@H]1[C@H](O)[C@@H](O)[C@H](O)[C@@H](O)[C@H]1O.[H+]. The molecule has 0 radical (unpaired) electrons. The molecule has 14 nitrogen and oxygen atoms in total. The van der Waals surface area contributed by atoms with E-state index in [0.29, 0.717) is 6.54 Å². The van der Waals surface area contributed by atoms with E-state index in [-0.39, 0.29) is 14.6 Å². The van der Waals surface area contributed by atoms with E-state index in [1.807, 2.05) is 0 Å². The molecule has 1 aliphatic rings. The first-order chi connectivity index (χ1) is 13.6. The fourth-order valence-electron chi connectivity index (χ4n) is 1.59. The van der Waals surface area contributed by atoms with Gasteiger partial charge in [-0.15, -0.1) is 0 Å². The first kappa shape index (κ1) is 33.6. The highest BCUT2D eigenvalue weighted by molar-refractivity contribution is 5.73. The molecule has 1 saturated carbocycles. The van der Waals surface area contributed by atoms with Gasteiger partial charge in [0.1, 0.15) is 49.2 Å². The van der Waals surface area contributed by atoms with Crippen molar-refractivity contribution in [2.75, 3.05) is 54.1 Å². The van der Waals surface area contributed by atoms with Gasteiger partial charge in [0.05, 0.1) is 41.0 Å². The molecule has 184 valence electrons. The van der Waals surface area contributed by atoms with Crippen molar-refractivity contribution >= 4 is 5.97 Å². The summed E-state index contributed by atoms with van der Waals surface area (Å²) in [6.45, 7) is 1.08. The summed E-state index contributed by atoms with van der Waals surface area (Å²) < 4.78 is 0.844. The molecule has 1 rings (SSSR count). The second-order valence-corrected chi connectivity index (χ2v) is 7.32. The summed E-state index contributed by atoms with van der Waals surface area (Å²) in [7, 11) is 6.16. The van der Waals surface area contributed by atoms with Crippen LogP contribution in [0.5, 0.6) is 0 Å². The summed E-state index contributed by atoms with van der Waals surface area (Å²) in [6.07, 6.45) is -9.84. The number of rotatable bonds is 5. The Balaban J connectivity index is -0.000000168. The standard InChI is InChI=1S/C6H12O6.C5H14NO.C3H7NO3.C2H7NO/c7-1-2(8)4(10)6(12)5(11)3(1)9;1-6(2,3)4-5-7;4-2(1-5)3(6)7;3-1-2-4/h1-12H;7H,4-5H2,1-3H3;2,5H,1,4H2,(H,6,7);4H,1-3H2/q;+1;;/p+1/t1-,2-,3-,4+,5-,6-;;2-;/m..0./s1. The lowest BCUT2D eigenvalue weighted by atomic mass is 9.85. The molecule has 0 aliphatic heterocycles. The molecule has 30 heavy (non-hydrogen) atoms. The number of carbonyl (C=O) groups is 1. The predicted octanol–water partition coefficient (Wildman–Crippen LogP) is -6.71. The summed E-state index contributed by atoms with van der Waals surface area (Å²) >= 11 is 0. The largest absolute Gasteiger partial charge is 1.00 e. The molecule has 1 aliphatic carbocycles. The number of likely N-dealkylation sites (N-methyl/N-ethyl adjacent to an activating group) is 1. The second-order valence-electron chi connectivity index (χ2n) is 7.32. The van der Waals surface area contributed by atoms with Crippen molar-refractivity contribution in [2.24, 2.45) is 11.5 Å². The van der Waals surface area contributed by atoms with Crippen LogP contribution in [-0.2, 0) is 4.79 Å². The van der Waals surface area contributed by atoms with Crippen LogP contribution in [-0.4, -0.2) is 158 Å². The summed E-state index contributed by atoms with van der Waals surface area (Å²) in [5.74, 6) is -1.18. The minimum Gasteiger partial charge on any atom is -0.480 e. The fourth-order valence-corrected chi connectivity index (χ4v) is 1.59. The zero-order chi connectivity index (χ0) is 24.7. The van der Waals surface area contributed by atoms with Gasteiger partial charge in [-0.3, -0.25) is 4.79 Å². The molecular weight excluding hydrogens is 410 g/mol. The van der Waals surface area contributed by atoms with E-state index in [2.05, 4.69) is 21.1 Å². The van der Waals surface area contributed by atoms with Crippen LogP contribution in [0.4, 0.5) is 0 Å². The Morgan fingerprint density at radius 3 is 1.13 bits per heavy atom. The number of aliphatic carboxylic acids is 1. The van der Waals surface area contributed by atoms with Gasteiger partial charge in [-0.25, -0.2) is 0 Å². The highest BCUT2D eigenvalue weighted by atomic mass is 16.4. The Morgan fingerprint density at radius 2 is 1.10 bits per heavy atom. The number of hydrogen-bond acceptors (Lipinski definition) is 12. The van der Waals surface area contributed by atoms with E-state index < -0.39 is 55.2 Å². The summed E-state index contributed by atoms with van der Waals surface area (Å²) in [5, 5.41) is 85.9. The lowest BCUT2D eigenvalue weighted by Crippen LogP contribution is -2.63. The summed E-state index contributed by atoms with van der Waals surface area (Å²) in [5.41, 5.74) is 9.54. The molecule has 1 atom stereocenters. The van der Waals surface area contributed by atoms with Crippen LogP contribution in [0.25, 0.3) is 0 Å². The quantitative estimate of drug-likeness (QED) is 0.173. The molecule has 0 aromatic carbocycles. The van der Waals surface area contributed by atoms with E-state index in [4.69, 9.17) is 62.5 Å². The minimum atomic E-state index is -1.64. The lowest BCUT2D eigenvalue weighted by Gasteiger charge is -2.39. The number of carboxylic acids is 1. The molecule has 14 heteroatoms. The van der Waals surface area contributed by atoms with E-state index in [0.717, 1.165) is 11.0 Å². The molecule has 0 heterocycles. The zero-order valence-corrected chi connectivity index (χ0v) is 17.6. The number of aliphatic hydroxyl groups excluding tert-OH is 9. The maximum Gasteiger partial charge on any atom is 1.00 e. The van der Waals surface area contributed by atoms with Crippen LogP contribution in [0, 0.1) is 0 Å². The molecule has 1 fully saturated rings. The van der Waals surface area contributed by atoms with E-state index in [9.17, 15) is 4.79 Å². The van der Waals surface area contributed by atoms with Crippen LogP contribution in [0.15, 0.2) is 0 Å². The molecule has 0 aromatic rings. The third kappa shape index (κ3) is 15.8. The van der Waals surface area contributed by atoms with Gasteiger partial charge < -0.3 is 67.0 Å². The maximum atomic E-state index is 9.65. The van der Waals surface area contributed by atoms with Crippen molar-refractivity contribution in [3.05, 3.63) is 0 Å². The average molecular weight is 452 g/mol. The summed E-state index contributed by atoms with van der Waals surface area (Å²) in [4.78, 5) is 9.65. The highest BCUT2D eigenvalue weighted by Crippen LogP contribution is 2.20. The Morgan fingerprint density at radius 1 is 0.833 bits per heavy atom. The van der Waals surface area contributed by atoms with Crippen molar-refractivity contribution in [3.63, 3.8) is 0 Å². The van der Waals surface area contributed by atoms with Gasteiger partial charge in [-0.2, -0.15) is 0 Å². The number of quaternary nitrogens is 1. The Labute approximate surface area is 176 Å². The van der Waals surface area contributed by atoms with Gasteiger partial charge in [0.25, 0.3) is 0 Å². The van der Waals surface area contributed by atoms with Crippen molar-refractivity contribution in [1.29, 1.82) is 0 Å². The van der Waals surface area contributed by atoms with E-state index in [1.54, 1.807) is 0 Å². The molecule has 0 aromatic heterocycles. The molecular formula is C16H41N3O11+2. The van der Waals surface area contributed by atoms with Crippen LogP contribution in [0.3, 0.4) is 0 Å². The van der Waals surface area contributed by atoms with Gasteiger partial charge in [-0.1, -0.05) is 0 Å². The number of nitrogens with zero attached hydrogens (tertiary/aromatic N) is 1. The van der Waals surface area contributed by atoms with Crippen LogP contribution in [0.2, 0.25) is 0 Å². The van der Waals surface area contributed by atoms with Gasteiger partial charge >= 0.3 is 7.40 Å². The van der Waals surface area contributed by atoms with E-state index in [1.165, 1.54) is 0 Å². The molecule has 0 saturated heterocycles. The Kier molecular flexibility index (Phi) is 19.8. The maximum absolute atomic E-state index is 9.65. The molecule has 0 spiro atoms. The third-order valence-corrected chi connectivity index (χ3v) is 3.51. The third-order valence-electron chi connectivity index (χ3n) is 3.51. The van der Waals surface area contributed by atoms with Gasteiger partial charge in [0.15, 0.2) is 0 Å². The monoisotopic (exact) mass is 451 g/mol. The van der Waals surface area contributed by atoms with Crippen molar-refractivity contribution < 1.29 is 61.8 Å². The number of nitrogens with two attached hydrogens (primary N) is 2. The van der Waals surface area contributed by atoms with Crippen molar-refractivity contribution in [2.45, 2.75) is 42.7 Å². The molecule has 0 unspecified atom stereocenters. The van der Waals surface area contributed by atoms with Crippen molar-refractivity contribution in [3.8, 4) is 0 Å². The van der Waals surface area contributed by atoms with E-state index >= 15 is 0 Å². The second kappa shape index (κ2) is 17.6. The van der Waals surface area contributed by atoms with Crippen LogP contribution >= 0.6 is 0 Å². The van der Waals surface area contributed by atoms with Gasteiger partial charge in [0, 0.05) is 6.54 Å². The van der Waals surface area contributed by atoms with Crippen LogP contribution < -0.4 is 11.5 Å². The zero-order valence-electron chi connectivity index (χ0n) is 18.6. The van der Waals surface area contributed by atoms with Crippen molar-refractivity contribution in [1.82, 2.24) is 0 Å². The first-order valence-electron chi connectivity index (χ1n) is 9.02. The minimum absolute atomic E-state index is 0. The van der Waals surface area contributed by atoms with Gasteiger partial charge in [0.2, 0.25) is 0 Å². The average Bonchev–Trinajstić information content (AvgIpc) is 2.68. The molecule has 14 N–H and O–H groups in total. The topological polar surface area (TPSA) is 271 Å². The predicted molar refractivity (Wildman–Crippen MR) is 106 cm³/mol. The highest BCUT2D eigenvalue weighted by Gasteiger charge is 2.47. The first-order valence-corrected chi connectivity index (χ1v) is 9.02. The number of aliphatic hydroxyl groups is 9. The molecule has 0 bridgehead atoms. The normalized spacial score (nSPS) is 29.1. The number of carboxylic acid groups (broad SMARTS) is 1.